The summed E-state index contributed by atoms with van der Waals surface area (Å²) in [6.45, 7) is 0. The number of aliphatic hydroxyl groups is 1. The first-order valence-corrected chi connectivity index (χ1v) is 11.4. The maximum absolute atomic E-state index is 11.7. The van der Waals surface area contributed by atoms with Gasteiger partial charge in [0.1, 0.15) is 6.29 Å². The topological polar surface area (TPSA) is 54.4 Å². The second kappa shape index (κ2) is 9.15. The minimum Gasteiger partial charge on any atom is -0.385 e. The third kappa shape index (κ3) is 4.50. The summed E-state index contributed by atoms with van der Waals surface area (Å²) in [6, 6.07) is 15.6. The monoisotopic (exact) mass is 418 g/mol. The van der Waals surface area contributed by atoms with Gasteiger partial charge in [0.25, 0.3) is 0 Å². The van der Waals surface area contributed by atoms with E-state index in [9.17, 15) is 14.7 Å². The number of fused-ring (bicyclic) bond motifs is 1. The molecule has 5 rings (SSSR count). The van der Waals surface area contributed by atoms with E-state index >= 15 is 0 Å². The van der Waals surface area contributed by atoms with Crippen molar-refractivity contribution >= 4 is 23.8 Å². The number of ketones is 1. The van der Waals surface area contributed by atoms with Crippen molar-refractivity contribution in [3.8, 4) is 0 Å². The lowest BCUT2D eigenvalue weighted by atomic mass is 9.79. The summed E-state index contributed by atoms with van der Waals surface area (Å²) >= 11 is 1.72. The number of carbonyl (C=O) groups excluding carboxylic acids is 2. The molecule has 0 aromatic heterocycles. The molecule has 1 heterocycles. The van der Waals surface area contributed by atoms with Gasteiger partial charge in [0.2, 0.25) is 0 Å². The number of aldehydes is 1. The molecule has 0 spiro atoms. The minimum absolute atomic E-state index is 0.287. The van der Waals surface area contributed by atoms with E-state index in [2.05, 4.69) is 18.2 Å². The highest BCUT2D eigenvalue weighted by Crippen LogP contribution is 2.41. The van der Waals surface area contributed by atoms with Gasteiger partial charge in [-0.25, -0.2) is 0 Å². The van der Waals surface area contributed by atoms with Gasteiger partial charge in [-0.3, -0.25) is 9.59 Å². The Morgan fingerprint density at radius 1 is 0.967 bits per heavy atom. The largest absolute Gasteiger partial charge is 0.385 e. The van der Waals surface area contributed by atoms with E-state index in [1.54, 1.807) is 23.9 Å². The van der Waals surface area contributed by atoms with Crippen molar-refractivity contribution in [1.29, 1.82) is 0 Å². The third-order valence-corrected chi connectivity index (χ3v) is 7.25. The van der Waals surface area contributed by atoms with Crippen LogP contribution in [-0.4, -0.2) is 17.2 Å². The Morgan fingerprint density at radius 3 is 2.43 bits per heavy atom. The van der Waals surface area contributed by atoms with Crippen LogP contribution in [0.1, 0.15) is 60.0 Å². The van der Waals surface area contributed by atoms with E-state index in [1.165, 1.54) is 16.9 Å². The van der Waals surface area contributed by atoms with Gasteiger partial charge in [0, 0.05) is 33.8 Å². The number of hydrogen-bond acceptors (Lipinski definition) is 4. The summed E-state index contributed by atoms with van der Waals surface area (Å²) in [4.78, 5) is 24.7. The lowest BCUT2D eigenvalue weighted by molar-refractivity contribution is -0.115. The van der Waals surface area contributed by atoms with Crippen LogP contribution in [0.15, 0.2) is 76.1 Å². The summed E-state index contributed by atoms with van der Waals surface area (Å²) in [7, 11) is 0. The molecular formula is C26H26O3S. The molecule has 0 radical (unpaired) electrons. The fourth-order valence-corrected chi connectivity index (χ4v) is 5.40. The van der Waals surface area contributed by atoms with Gasteiger partial charge >= 0.3 is 0 Å². The van der Waals surface area contributed by atoms with Gasteiger partial charge in [-0.05, 0) is 30.0 Å². The number of hydrogen-bond donors (Lipinski definition) is 1. The third-order valence-electron chi connectivity index (χ3n) is 6.03. The van der Waals surface area contributed by atoms with Crippen LogP contribution in [0, 0.1) is 0 Å². The number of thioether (sulfide) groups is 1. The lowest BCUT2D eigenvalue weighted by Gasteiger charge is -2.32. The summed E-state index contributed by atoms with van der Waals surface area (Å²) in [5.41, 5.74) is 3.25. The zero-order valence-corrected chi connectivity index (χ0v) is 17.8. The predicted octanol–water partition coefficient (Wildman–Crippen LogP) is 5.77. The first kappa shape index (κ1) is 20.8. The Morgan fingerprint density at radius 2 is 1.70 bits per heavy atom. The second-order valence-corrected chi connectivity index (χ2v) is 9.17. The molecule has 2 aromatic rings. The second-order valence-electron chi connectivity index (χ2n) is 8.09. The van der Waals surface area contributed by atoms with Crippen molar-refractivity contribution in [2.24, 2.45) is 0 Å². The van der Waals surface area contributed by atoms with Crippen molar-refractivity contribution in [2.75, 3.05) is 0 Å². The highest BCUT2D eigenvalue weighted by molar-refractivity contribution is 8.03. The van der Waals surface area contributed by atoms with E-state index in [0.717, 1.165) is 54.4 Å². The van der Waals surface area contributed by atoms with E-state index in [1.807, 2.05) is 30.3 Å². The summed E-state index contributed by atoms with van der Waals surface area (Å²) in [6.07, 6.45) is 11.3. The molecule has 1 N–H and O–H groups in total. The standard InChI is InChI=1S/C13H16O2.C13H10OS/c14-10-11-4-6-12(7-5-11)13(15)8-2-1-3-9-13;14-11-5-3-7-13-10(11)8-9-4-1-2-6-12(9)15-13/h4-7,10,15H,1-3,8-9H2;1-4,6-7H,5,8H2. The molecule has 154 valence electrons. The number of rotatable bonds is 2. The quantitative estimate of drug-likeness (QED) is 0.629. The molecule has 0 amide bonds. The SMILES string of the molecule is O=C1CC=CC2=C1Cc1ccccc1S2.O=Cc1ccc(C2(O)CCCCC2)cc1. The van der Waals surface area contributed by atoms with Crippen LogP contribution in [0.3, 0.4) is 0 Å². The van der Waals surface area contributed by atoms with E-state index in [4.69, 9.17) is 0 Å². The molecule has 2 aromatic carbocycles. The fraction of sp³-hybridized carbons (Fsp3) is 0.308. The lowest BCUT2D eigenvalue weighted by Crippen LogP contribution is -2.28. The average Bonchev–Trinajstić information content (AvgIpc) is 2.79. The number of allylic oxidation sites excluding steroid dienone is 3. The first-order chi connectivity index (χ1) is 14.6. The van der Waals surface area contributed by atoms with Crippen LogP contribution in [0.25, 0.3) is 0 Å². The molecule has 3 nitrogen and oxygen atoms in total. The predicted molar refractivity (Wildman–Crippen MR) is 121 cm³/mol. The van der Waals surface area contributed by atoms with Crippen LogP contribution in [0.5, 0.6) is 0 Å². The van der Waals surface area contributed by atoms with Gasteiger partial charge < -0.3 is 5.11 Å². The maximum atomic E-state index is 11.7. The normalized spacial score (nSPS) is 19.3. The number of carbonyl (C=O) groups is 2. The summed E-state index contributed by atoms with van der Waals surface area (Å²) in [5.74, 6) is 0.287. The molecular weight excluding hydrogens is 392 g/mol. The van der Waals surface area contributed by atoms with Gasteiger partial charge in [-0.2, -0.15) is 0 Å². The summed E-state index contributed by atoms with van der Waals surface area (Å²) < 4.78 is 0. The van der Waals surface area contributed by atoms with Crippen molar-refractivity contribution in [3.63, 3.8) is 0 Å². The molecule has 0 unspecified atom stereocenters. The Balaban J connectivity index is 0.000000145. The van der Waals surface area contributed by atoms with E-state index in [-0.39, 0.29) is 5.78 Å². The Hall–Kier alpha value is -2.43. The van der Waals surface area contributed by atoms with Crippen LogP contribution in [0.2, 0.25) is 0 Å². The first-order valence-electron chi connectivity index (χ1n) is 10.6. The van der Waals surface area contributed by atoms with E-state index < -0.39 is 5.60 Å². The molecule has 1 aliphatic heterocycles. The Labute approximate surface area is 181 Å². The fourth-order valence-electron chi connectivity index (χ4n) is 4.27. The maximum Gasteiger partial charge on any atom is 0.164 e. The molecule has 1 saturated carbocycles. The molecule has 4 heteroatoms. The number of benzene rings is 2. The van der Waals surface area contributed by atoms with Crippen molar-refractivity contribution < 1.29 is 14.7 Å². The van der Waals surface area contributed by atoms with Crippen molar-refractivity contribution in [3.05, 3.63) is 87.9 Å². The minimum atomic E-state index is -0.653. The van der Waals surface area contributed by atoms with E-state index in [0.29, 0.717) is 12.0 Å². The van der Waals surface area contributed by atoms with Gasteiger partial charge in [0.05, 0.1) is 5.60 Å². The van der Waals surface area contributed by atoms with Crippen LogP contribution in [0.4, 0.5) is 0 Å². The zero-order chi connectivity index (χ0) is 21.0. The smallest absolute Gasteiger partial charge is 0.164 e. The average molecular weight is 419 g/mol. The molecule has 1 fully saturated rings. The molecule has 3 aliphatic rings. The van der Waals surface area contributed by atoms with Crippen molar-refractivity contribution in [1.82, 2.24) is 0 Å². The van der Waals surface area contributed by atoms with Crippen LogP contribution in [-0.2, 0) is 16.8 Å². The Kier molecular flexibility index (Phi) is 6.35. The number of Topliss-reactive ketones (excluding diaryl/α,β-unsaturated/α-hetero) is 1. The van der Waals surface area contributed by atoms with Gasteiger partial charge in [-0.15, -0.1) is 0 Å². The van der Waals surface area contributed by atoms with Crippen LogP contribution < -0.4 is 0 Å². The van der Waals surface area contributed by atoms with Gasteiger partial charge in [0.15, 0.2) is 5.78 Å². The summed E-state index contributed by atoms with van der Waals surface area (Å²) in [5, 5.41) is 10.4. The zero-order valence-electron chi connectivity index (χ0n) is 17.0. The molecule has 2 aliphatic carbocycles. The van der Waals surface area contributed by atoms with Gasteiger partial charge in [-0.1, -0.05) is 85.6 Å². The van der Waals surface area contributed by atoms with Crippen molar-refractivity contribution in [2.45, 2.75) is 55.4 Å². The Bertz CT molecular complexity index is 995. The molecule has 0 atom stereocenters. The molecule has 0 saturated heterocycles. The highest BCUT2D eigenvalue weighted by Gasteiger charge is 2.30. The highest BCUT2D eigenvalue weighted by atomic mass is 32.2. The molecule has 30 heavy (non-hydrogen) atoms. The van der Waals surface area contributed by atoms with Crippen LogP contribution >= 0.6 is 11.8 Å². The molecule has 0 bridgehead atoms.